The molecule has 0 aromatic heterocycles. The standard InChI is InChI=1S/C52H89N3O5/c1-4-7-10-13-16-19-22-25-28-31-40-58-48-43-46(52(57)55-39-38-54-51(56)45-34-36-47(53)37-35-45)44-49(59-41-32-29-26-23-20-17-14-11-8-5-2)50(48)60-42-33-30-27-24-21-18-15-12-9-6-3/h34-37,43-44H,4-33,38-42,53H2,1-3H3,(H,54,56)(H,55,57). The number of carbonyl (C=O) groups is 2. The number of nitrogen functional groups attached to an aromatic ring is 1. The normalized spacial score (nSPS) is 11.1. The number of rotatable bonds is 41. The molecule has 0 unspecified atom stereocenters. The Bertz CT molecular complexity index is 1290. The molecule has 0 spiro atoms. The van der Waals surface area contributed by atoms with E-state index in [9.17, 15) is 9.59 Å². The molecule has 0 aliphatic rings. The average molecular weight is 836 g/mol. The van der Waals surface area contributed by atoms with Crippen molar-refractivity contribution in [3.8, 4) is 17.2 Å². The summed E-state index contributed by atoms with van der Waals surface area (Å²) in [6.07, 6.45) is 37.7. The lowest BCUT2D eigenvalue weighted by atomic mass is 10.1. The van der Waals surface area contributed by atoms with Gasteiger partial charge >= 0.3 is 0 Å². The van der Waals surface area contributed by atoms with Gasteiger partial charge in [0.25, 0.3) is 11.8 Å². The molecule has 0 radical (unpaired) electrons. The van der Waals surface area contributed by atoms with Crippen LogP contribution in [-0.2, 0) is 0 Å². The van der Waals surface area contributed by atoms with Crippen molar-refractivity contribution in [2.75, 3.05) is 38.6 Å². The molecule has 2 aromatic carbocycles. The number of nitrogens with one attached hydrogen (secondary N) is 2. The zero-order valence-corrected chi connectivity index (χ0v) is 38.8. The number of nitrogens with two attached hydrogens (primary N) is 1. The summed E-state index contributed by atoms with van der Waals surface area (Å²) in [4.78, 5) is 26.2. The maximum atomic E-state index is 13.6. The zero-order chi connectivity index (χ0) is 43.1. The first-order chi connectivity index (χ1) is 29.5. The van der Waals surface area contributed by atoms with Crippen molar-refractivity contribution in [2.45, 2.75) is 213 Å². The summed E-state index contributed by atoms with van der Waals surface area (Å²) in [5.74, 6) is 1.29. The third kappa shape index (κ3) is 26.7. The highest BCUT2D eigenvalue weighted by Crippen LogP contribution is 2.40. The van der Waals surface area contributed by atoms with Crippen LogP contribution < -0.4 is 30.6 Å². The fourth-order valence-corrected chi connectivity index (χ4v) is 7.56. The number of anilines is 1. The molecule has 0 fully saturated rings. The van der Waals surface area contributed by atoms with Crippen molar-refractivity contribution in [1.82, 2.24) is 10.6 Å². The van der Waals surface area contributed by atoms with Crippen molar-refractivity contribution in [2.24, 2.45) is 0 Å². The van der Waals surface area contributed by atoms with Crippen molar-refractivity contribution < 1.29 is 23.8 Å². The van der Waals surface area contributed by atoms with E-state index in [-0.39, 0.29) is 18.4 Å². The Hall–Kier alpha value is -3.42. The largest absolute Gasteiger partial charge is 0.490 e. The molecular formula is C52H89N3O5. The minimum atomic E-state index is -0.245. The second kappa shape index (κ2) is 37.4. The molecule has 342 valence electrons. The Labute approximate surface area is 367 Å². The van der Waals surface area contributed by atoms with E-state index in [2.05, 4.69) is 31.4 Å². The molecule has 0 saturated heterocycles. The van der Waals surface area contributed by atoms with Gasteiger partial charge in [0.1, 0.15) is 0 Å². The van der Waals surface area contributed by atoms with Crippen LogP contribution in [0.1, 0.15) is 234 Å². The van der Waals surface area contributed by atoms with Crippen LogP contribution in [0.4, 0.5) is 5.69 Å². The van der Waals surface area contributed by atoms with E-state index in [0.717, 1.165) is 38.5 Å². The lowest BCUT2D eigenvalue weighted by Crippen LogP contribution is -2.34. The minimum Gasteiger partial charge on any atom is -0.490 e. The van der Waals surface area contributed by atoms with Gasteiger partial charge < -0.3 is 30.6 Å². The predicted molar refractivity (Wildman–Crippen MR) is 254 cm³/mol. The number of carbonyl (C=O) groups excluding carboxylic acids is 2. The van der Waals surface area contributed by atoms with Crippen LogP contribution in [0.15, 0.2) is 36.4 Å². The first-order valence-corrected chi connectivity index (χ1v) is 25.0. The van der Waals surface area contributed by atoms with Crippen molar-refractivity contribution in [3.05, 3.63) is 47.5 Å². The lowest BCUT2D eigenvalue weighted by Gasteiger charge is -2.19. The molecule has 60 heavy (non-hydrogen) atoms. The fraction of sp³-hybridized carbons (Fsp3) is 0.731. The molecule has 8 heteroatoms. The van der Waals surface area contributed by atoms with Crippen LogP contribution in [0, 0.1) is 0 Å². The molecule has 0 atom stereocenters. The molecule has 0 saturated carbocycles. The first-order valence-electron chi connectivity index (χ1n) is 25.0. The van der Waals surface area contributed by atoms with Gasteiger partial charge in [0.2, 0.25) is 5.75 Å². The zero-order valence-electron chi connectivity index (χ0n) is 38.8. The van der Waals surface area contributed by atoms with Crippen LogP contribution in [0.25, 0.3) is 0 Å². The molecule has 0 heterocycles. The van der Waals surface area contributed by atoms with Gasteiger partial charge in [0.15, 0.2) is 11.5 Å². The van der Waals surface area contributed by atoms with E-state index in [4.69, 9.17) is 19.9 Å². The highest BCUT2D eigenvalue weighted by molar-refractivity contribution is 5.96. The Kier molecular flexibility index (Phi) is 32.8. The smallest absolute Gasteiger partial charge is 0.251 e. The lowest BCUT2D eigenvalue weighted by molar-refractivity contribution is 0.0927. The SMILES string of the molecule is CCCCCCCCCCCCOc1cc(C(=O)NCCNC(=O)c2ccc(N)cc2)cc(OCCCCCCCCCCCC)c1OCCCCCCCCCCCC. The van der Waals surface area contributed by atoms with Gasteiger partial charge in [0, 0.05) is 29.9 Å². The Morgan fingerprint density at radius 3 is 1.07 bits per heavy atom. The molecular weight excluding hydrogens is 747 g/mol. The highest BCUT2D eigenvalue weighted by atomic mass is 16.5. The van der Waals surface area contributed by atoms with E-state index >= 15 is 0 Å². The van der Waals surface area contributed by atoms with Crippen LogP contribution in [0.2, 0.25) is 0 Å². The molecule has 2 aromatic rings. The van der Waals surface area contributed by atoms with Gasteiger partial charge in [-0.25, -0.2) is 0 Å². The second-order valence-corrected chi connectivity index (χ2v) is 17.0. The molecule has 2 amide bonds. The molecule has 0 bridgehead atoms. The topological polar surface area (TPSA) is 112 Å². The minimum absolute atomic E-state index is 0.210. The Balaban J connectivity index is 2.06. The number of hydrogen-bond donors (Lipinski definition) is 3. The summed E-state index contributed by atoms with van der Waals surface area (Å²) in [6.45, 7) is 9.08. The van der Waals surface area contributed by atoms with Gasteiger partial charge in [-0.2, -0.15) is 0 Å². The third-order valence-corrected chi connectivity index (χ3v) is 11.4. The van der Waals surface area contributed by atoms with Gasteiger partial charge in [-0.1, -0.05) is 194 Å². The maximum Gasteiger partial charge on any atom is 0.251 e. The number of hydrogen-bond acceptors (Lipinski definition) is 6. The van der Waals surface area contributed by atoms with E-state index in [1.54, 1.807) is 36.4 Å². The van der Waals surface area contributed by atoms with Crippen molar-refractivity contribution in [1.29, 1.82) is 0 Å². The second-order valence-electron chi connectivity index (χ2n) is 17.0. The first kappa shape index (κ1) is 52.7. The maximum absolute atomic E-state index is 13.6. The Morgan fingerprint density at radius 2 is 0.717 bits per heavy atom. The number of ether oxygens (including phenoxy) is 3. The summed E-state index contributed by atoms with van der Waals surface area (Å²) in [5.41, 5.74) is 7.36. The monoisotopic (exact) mass is 836 g/mol. The summed E-state index contributed by atoms with van der Waals surface area (Å²) in [7, 11) is 0. The van der Waals surface area contributed by atoms with Gasteiger partial charge in [-0.15, -0.1) is 0 Å². The van der Waals surface area contributed by atoms with Gasteiger partial charge in [-0.3, -0.25) is 9.59 Å². The molecule has 4 N–H and O–H groups in total. The van der Waals surface area contributed by atoms with Crippen LogP contribution in [0.3, 0.4) is 0 Å². The average Bonchev–Trinajstić information content (AvgIpc) is 3.25. The Morgan fingerprint density at radius 1 is 0.417 bits per heavy atom. The van der Waals surface area contributed by atoms with Crippen molar-refractivity contribution >= 4 is 17.5 Å². The van der Waals surface area contributed by atoms with Crippen LogP contribution in [0.5, 0.6) is 17.2 Å². The van der Waals surface area contributed by atoms with E-state index < -0.39 is 0 Å². The van der Waals surface area contributed by atoms with Crippen LogP contribution >= 0.6 is 0 Å². The van der Waals surface area contributed by atoms with E-state index in [1.807, 2.05) is 0 Å². The summed E-state index contributed by atoms with van der Waals surface area (Å²) in [6, 6.07) is 10.4. The number of benzene rings is 2. The van der Waals surface area contributed by atoms with E-state index in [0.29, 0.717) is 60.4 Å². The fourth-order valence-electron chi connectivity index (χ4n) is 7.56. The van der Waals surface area contributed by atoms with Gasteiger partial charge in [0.05, 0.1) is 19.8 Å². The predicted octanol–water partition coefficient (Wildman–Crippen LogP) is 14.3. The highest BCUT2D eigenvalue weighted by Gasteiger charge is 2.19. The quantitative estimate of drug-likeness (QED) is 0.0454. The summed E-state index contributed by atoms with van der Waals surface area (Å²) >= 11 is 0. The van der Waals surface area contributed by atoms with Crippen LogP contribution in [-0.4, -0.2) is 44.7 Å². The third-order valence-electron chi connectivity index (χ3n) is 11.4. The summed E-state index contributed by atoms with van der Waals surface area (Å²) in [5, 5.41) is 5.85. The number of unbranched alkanes of at least 4 members (excludes halogenated alkanes) is 27. The number of amides is 2. The van der Waals surface area contributed by atoms with E-state index in [1.165, 1.54) is 154 Å². The molecule has 8 nitrogen and oxygen atoms in total. The van der Waals surface area contributed by atoms with Crippen molar-refractivity contribution in [3.63, 3.8) is 0 Å². The van der Waals surface area contributed by atoms with Gasteiger partial charge in [-0.05, 0) is 55.7 Å². The summed E-state index contributed by atoms with van der Waals surface area (Å²) < 4.78 is 19.4. The molecule has 0 aliphatic heterocycles. The molecule has 2 rings (SSSR count). The molecule has 0 aliphatic carbocycles.